The van der Waals surface area contributed by atoms with Gasteiger partial charge >= 0.3 is 0 Å². The first-order valence-electron chi connectivity index (χ1n) is 9.88. The van der Waals surface area contributed by atoms with Crippen molar-refractivity contribution in [3.05, 3.63) is 97.6 Å². The minimum absolute atomic E-state index is 0.262. The molecule has 2 aromatic carbocycles. The molecule has 0 atom stereocenters. The van der Waals surface area contributed by atoms with Crippen LogP contribution in [0.2, 0.25) is 0 Å². The Hall–Kier alpha value is -2.78. The monoisotopic (exact) mass is 559 g/mol. The average Bonchev–Trinajstić information content (AvgIpc) is 3.23. The van der Waals surface area contributed by atoms with Crippen molar-refractivity contribution >= 4 is 43.6 Å². The first kappa shape index (κ1) is 22.4. The SMILES string of the molecule is Cc1nn(Cc2ccc(C(=O)Nc3nn(Cc4ccccc4F)cc3Br)cc2)c(C)c1Br. The molecule has 4 rings (SSSR count). The predicted octanol–water partition coefficient (Wildman–Crippen LogP) is 5.71. The molecule has 9 heteroatoms. The van der Waals surface area contributed by atoms with Crippen molar-refractivity contribution in [2.75, 3.05) is 5.32 Å². The normalized spacial score (nSPS) is 11.0. The van der Waals surface area contributed by atoms with Gasteiger partial charge in [-0.1, -0.05) is 30.3 Å². The average molecular weight is 561 g/mol. The second-order valence-corrected chi connectivity index (χ2v) is 9.06. The van der Waals surface area contributed by atoms with Crippen molar-refractivity contribution in [3.63, 3.8) is 0 Å². The lowest BCUT2D eigenvalue weighted by molar-refractivity contribution is 0.102. The van der Waals surface area contributed by atoms with Gasteiger partial charge in [0.2, 0.25) is 0 Å². The highest BCUT2D eigenvalue weighted by Crippen LogP contribution is 2.23. The van der Waals surface area contributed by atoms with Crippen molar-refractivity contribution in [1.29, 1.82) is 0 Å². The van der Waals surface area contributed by atoms with Gasteiger partial charge in [-0.05, 0) is 69.5 Å². The Balaban J connectivity index is 1.43. The molecule has 1 N–H and O–H groups in total. The van der Waals surface area contributed by atoms with Crippen molar-refractivity contribution in [1.82, 2.24) is 19.6 Å². The number of nitrogens with one attached hydrogen (secondary N) is 1. The number of rotatable bonds is 6. The van der Waals surface area contributed by atoms with Gasteiger partial charge in [0.25, 0.3) is 5.91 Å². The Morgan fingerprint density at radius 2 is 1.75 bits per heavy atom. The van der Waals surface area contributed by atoms with Crippen LogP contribution < -0.4 is 5.32 Å². The summed E-state index contributed by atoms with van der Waals surface area (Å²) in [5, 5.41) is 11.7. The van der Waals surface area contributed by atoms with E-state index < -0.39 is 0 Å². The molecule has 164 valence electrons. The third-order valence-electron chi connectivity index (χ3n) is 5.08. The van der Waals surface area contributed by atoms with Crippen LogP contribution in [-0.4, -0.2) is 25.5 Å². The van der Waals surface area contributed by atoms with Gasteiger partial charge in [-0.15, -0.1) is 0 Å². The Labute approximate surface area is 201 Å². The summed E-state index contributed by atoms with van der Waals surface area (Å²) in [4.78, 5) is 12.7. The van der Waals surface area contributed by atoms with Crippen molar-refractivity contribution < 1.29 is 9.18 Å². The summed E-state index contributed by atoms with van der Waals surface area (Å²) in [5.74, 6) is -0.192. The van der Waals surface area contributed by atoms with Gasteiger partial charge in [0, 0.05) is 17.3 Å². The lowest BCUT2D eigenvalue weighted by Crippen LogP contribution is -2.13. The molecule has 0 bridgehead atoms. The molecule has 0 spiro atoms. The van der Waals surface area contributed by atoms with E-state index in [0.29, 0.717) is 28.0 Å². The number of carbonyl (C=O) groups excluding carboxylic acids is 1. The lowest BCUT2D eigenvalue weighted by atomic mass is 10.1. The Bertz CT molecular complexity index is 1280. The minimum Gasteiger partial charge on any atom is -0.304 e. The zero-order valence-electron chi connectivity index (χ0n) is 17.4. The molecule has 0 aliphatic rings. The number of amides is 1. The zero-order chi connectivity index (χ0) is 22.8. The number of aromatic nitrogens is 4. The molecule has 32 heavy (non-hydrogen) atoms. The maximum Gasteiger partial charge on any atom is 0.256 e. The molecule has 0 saturated heterocycles. The zero-order valence-corrected chi connectivity index (χ0v) is 20.6. The molecule has 0 fully saturated rings. The molecule has 2 heterocycles. The van der Waals surface area contributed by atoms with Crippen LogP contribution in [0.5, 0.6) is 0 Å². The molecular weight excluding hydrogens is 541 g/mol. The van der Waals surface area contributed by atoms with Crippen molar-refractivity contribution in [2.45, 2.75) is 26.9 Å². The summed E-state index contributed by atoms with van der Waals surface area (Å²) in [6.07, 6.45) is 1.71. The van der Waals surface area contributed by atoms with E-state index in [1.807, 2.05) is 30.7 Å². The van der Waals surface area contributed by atoms with Crippen LogP contribution in [0.25, 0.3) is 0 Å². The van der Waals surface area contributed by atoms with E-state index in [1.54, 1.807) is 41.2 Å². The third kappa shape index (κ3) is 4.83. The Morgan fingerprint density at radius 1 is 1.03 bits per heavy atom. The van der Waals surface area contributed by atoms with Crippen LogP contribution in [0.4, 0.5) is 10.2 Å². The highest BCUT2D eigenvalue weighted by molar-refractivity contribution is 9.11. The van der Waals surface area contributed by atoms with Crippen LogP contribution in [0.15, 0.2) is 63.7 Å². The molecule has 2 aromatic heterocycles. The first-order chi connectivity index (χ1) is 15.3. The fourth-order valence-electron chi connectivity index (χ4n) is 3.31. The highest BCUT2D eigenvalue weighted by atomic mass is 79.9. The van der Waals surface area contributed by atoms with Crippen molar-refractivity contribution in [3.8, 4) is 0 Å². The van der Waals surface area contributed by atoms with Crippen LogP contribution in [-0.2, 0) is 13.1 Å². The van der Waals surface area contributed by atoms with E-state index in [9.17, 15) is 9.18 Å². The smallest absolute Gasteiger partial charge is 0.256 e. The number of carbonyl (C=O) groups is 1. The number of benzene rings is 2. The van der Waals surface area contributed by atoms with E-state index in [4.69, 9.17) is 0 Å². The standard InChI is InChI=1S/C23H20Br2FN5O/c1-14-21(25)15(2)31(28-14)11-16-7-9-17(10-8-16)23(32)27-22-19(24)13-30(29-22)12-18-5-3-4-6-20(18)26/h3-10,13H,11-12H2,1-2H3,(H,27,29,32). The van der Waals surface area contributed by atoms with E-state index in [2.05, 4.69) is 47.4 Å². The van der Waals surface area contributed by atoms with Gasteiger partial charge in [-0.3, -0.25) is 14.2 Å². The molecule has 0 aliphatic heterocycles. The number of halogens is 3. The van der Waals surface area contributed by atoms with Crippen LogP contribution >= 0.6 is 31.9 Å². The summed E-state index contributed by atoms with van der Waals surface area (Å²) in [5.41, 5.74) is 4.07. The lowest BCUT2D eigenvalue weighted by Gasteiger charge is -2.07. The number of nitrogens with zero attached hydrogens (tertiary/aromatic N) is 4. The van der Waals surface area contributed by atoms with Gasteiger partial charge in [0.15, 0.2) is 5.82 Å². The maximum atomic E-state index is 13.9. The molecule has 0 saturated carbocycles. The van der Waals surface area contributed by atoms with Gasteiger partial charge in [-0.2, -0.15) is 10.2 Å². The molecule has 0 unspecified atom stereocenters. The summed E-state index contributed by atoms with van der Waals surface area (Å²) in [7, 11) is 0. The van der Waals surface area contributed by atoms with Gasteiger partial charge in [-0.25, -0.2) is 4.39 Å². The van der Waals surface area contributed by atoms with Gasteiger partial charge in [0.05, 0.1) is 33.4 Å². The number of aryl methyl sites for hydroxylation is 1. The van der Waals surface area contributed by atoms with E-state index in [-0.39, 0.29) is 18.3 Å². The quantitative estimate of drug-likeness (QED) is 0.328. The molecule has 0 aliphatic carbocycles. The number of hydrogen-bond acceptors (Lipinski definition) is 3. The predicted molar refractivity (Wildman–Crippen MR) is 128 cm³/mol. The fraction of sp³-hybridized carbons (Fsp3) is 0.174. The Morgan fingerprint density at radius 3 is 2.41 bits per heavy atom. The maximum absolute atomic E-state index is 13.9. The largest absolute Gasteiger partial charge is 0.304 e. The topological polar surface area (TPSA) is 64.7 Å². The third-order valence-corrected chi connectivity index (χ3v) is 6.81. The second-order valence-electron chi connectivity index (χ2n) is 7.41. The fourth-order valence-corrected chi connectivity index (χ4v) is 4.01. The molecular formula is C23H20Br2FN5O. The second kappa shape index (κ2) is 9.38. The summed E-state index contributed by atoms with van der Waals surface area (Å²) in [6.45, 7) is 4.84. The van der Waals surface area contributed by atoms with E-state index in [0.717, 1.165) is 21.4 Å². The van der Waals surface area contributed by atoms with Crippen LogP contribution in [0, 0.1) is 19.7 Å². The molecule has 0 radical (unpaired) electrons. The summed E-state index contributed by atoms with van der Waals surface area (Å²) < 4.78 is 19.0. The molecule has 4 aromatic rings. The number of anilines is 1. The Kier molecular flexibility index (Phi) is 6.57. The highest BCUT2D eigenvalue weighted by Gasteiger charge is 2.14. The molecule has 6 nitrogen and oxygen atoms in total. The van der Waals surface area contributed by atoms with E-state index >= 15 is 0 Å². The summed E-state index contributed by atoms with van der Waals surface area (Å²) in [6, 6.07) is 13.9. The minimum atomic E-state index is -0.294. The van der Waals surface area contributed by atoms with Crippen molar-refractivity contribution in [2.24, 2.45) is 0 Å². The van der Waals surface area contributed by atoms with E-state index in [1.165, 1.54) is 6.07 Å². The number of hydrogen-bond donors (Lipinski definition) is 1. The first-order valence-corrected chi connectivity index (χ1v) is 11.5. The van der Waals surface area contributed by atoms with Gasteiger partial charge in [0.1, 0.15) is 5.82 Å². The van der Waals surface area contributed by atoms with Gasteiger partial charge < -0.3 is 5.32 Å². The molecule has 1 amide bonds. The van der Waals surface area contributed by atoms with Crippen LogP contribution in [0.1, 0.15) is 32.9 Å². The summed E-state index contributed by atoms with van der Waals surface area (Å²) >= 11 is 6.95. The van der Waals surface area contributed by atoms with Crippen LogP contribution in [0.3, 0.4) is 0 Å².